The second-order valence-corrected chi connectivity index (χ2v) is 14.6. The molecular formula is C35H57FN2O10. The predicted molar refractivity (Wildman–Crippen MR) is 175 cm³/mol. The van der Waals surface area contributed by atoms with Crippen molar-refractivity contribution in [3.63, 3.8) is 0 Å². The number of carbonyl (C=O) groups is 4. The van der Waals surface area contributed by atoms with E-state index in [1.165, 1.54) is 14.0 Å². The van der Waals surface area contributed by atoms with E-state index < -0.39 is 77.0 Å². The van der Waals surface area contributed by atoms with Crippen LogP contribution in [0.25, 0.3) is 0 Å². The van der Waals surface area contributed by atoms with Gasteiger partial charge in [-0.05, 0) is 54.1 Å². The van der Waals surface area contributed by atoms with Crippen molar-refractivity contribution in [1.82, 2.24) is 10.2 Å². The first kappa shape index (κ1) is 40.0. The quantitative estimate of drug-likeness (QED) is 0.163. The van der Waals surface area contributed by atoms with Crippen molar-refractivity contribution in [1.29, 1.82) is 0 Å². The Morgan fingerprint density at radius 3 is 2.29 bits per heavy atom. The third-order valence-electron chi connectivity index (χ3n) is 10.7. The standard InChI is InChI=1S/C35H57FN2O10/c1-13-15-44-18-23-16-24(38(10)11)20(4)30(45-23)47-29-22(6)28(40)34(8,36)31(41)46-25(14-2)35(9)27(37-32(42)48-35)21(5)26(39)19(3)17-33(29,7)43-12/h13,19-25,27,29-30H,1,14-18H2,2-12H3,(H,37,42)/t19-,20?,21+,22+,23?,24?,25-,27-,29-,30+,33-,34+,35-/m1/s1. The van der Waals surface area contributed by atoms with E-state index in [4.69, 9.17) is 28.4 Å². The zero-order chi connectivity index (χ0) is 36.4. The molecule has 13 atom stereocenters. The minimum absolute atomic E-state index is 0.00583. The van der Waals surface area contributed by atoms with E-state index in [0.717, 1.165) is 6.92 Å². The lowest BCUT2D eigenvalue weighted by atomic mass is 9.73. The average molecular weight is 685 g/mol. The van der Waals surface area contributed by atoms with Gasteiger partial charge in [-0.3, -0.25) is 9.59 Å². The Labute approximate surface area is 284 Å². The maximum Gasteiger partial charge on any atom is 0.408 e. The van der Waals surface area contributed by atoms with Crippen LogP contribution in [0, 0.1) is 23.7 Å². The maximum absolute atomic E-state index is 16.6. The monoisotopic (exact) mass is 684 g/mol. The molecule has 3 heterocycles. The molecule has 0 aliphatic carbocycles. The number of cyclic esters (lactones) is 1. The number of halogens is 1. The van der Waals surface area contributed by atoms with E-state index in [1.54, 1.807) is 40.7 Å². The summed E-state index contributed by atoms with van der Waals surface area (Å²) in [5.41, 5.74) is -5.96. The summed E-state index contributed by atoms with van der Waals surface area (Å²) in [6, 6.07) is -0.895. The average Bonchev–Trinajstić information content (AvgIpc) is 3.35. The van der Waals surface area contributed by atoms with E-state index >= 15 is 4.39 Å². The molecule has 13 heteroatoms. The molecule has 274 valence electrons. The number of Topliss-reactive ketones (excluding diaryl/α,β-unsaturated/α-hetero) is 2. The first-order valence-electron chi connectivity index (χ1n) is 17.0. The van der Waals surface area contributed by atoms with Crippen LogP contribution in [0.15, 0.2) is 12.7 Å². The molecule has 48 heavy (non-hydrogen) atoms. The SMILES string of the molecule is C=CCOCC1CC(N(C)C)C(C)[C@H](O[C@@H]2[C@@H](C)C(=O)[C@](C)(F)C(=O)O[C@H](CC)[C@@]3(C)OC(=O)N[C@@H]3[C@@H](C)C(=O)[C@H](C)C[C@@]2(C)OC)O1. The van der Waals surface area contributed by atoms with Gasteiger partial charge in [-0.15, -0.1) is 6.58 Å². The largest absolute Gasteiger partial charge is 0.455 e. The summed E-state index contributed by atoms with van der Waals surface area (Å²) in [6.07, 6.45) is -1.85. The van der Waals surface area contributed by atoms with Crippen molar-refractivity contribution >= 4 is 23.6 Å². The fraction of sp³-hybridized carbons (Fsp3) is 0.829. The number of carbonyl (C=O) groups excluding carboxylic acids is 4. The molecule has 1 amide bonds. The zero-order valence-corrected chi connectivity index (χ0v) is 30.5. The van der Waals surface area contributed by atoms with E-state index in [1.807, 2.05) is 21.0 Å². The molecule has 0 radical (unpaired) electrons. The Balaban J connectivity index is 2.12. The first-order chi connectivity index (χ1) is 22.3. The molecule has 3 aliphatic rings. The fourth-order valence-corrected chi connectivity index (χ4v) is 7.80. The summed E-state index contributed by atoms with van der Waals surface area (Å²) in [4.78, 5) is 56.3. The third-order valence-corrected chi connectivity index (χ3v) is 10.7. The second-order valence-electron chi connectivity index (χ2n) is 14.6. The molecule has 0 spiro atoms. The van der Waals surface area contributed by atoms with Crippen LogP contribution in [-0.4, -0.2) is 117 Å². The highest BCUT2D eigenvalue weighted by Crippen LogP contribution is 2.41. The van der Waals surface area contributed by atoms with Crippen molar-refractivity contribution in [2.45, 2.75) is 128 Å². The molecule has 3 unspecified atom stereocenters. The molecule has 0 aromatic carbocycles. The predicted octanol–water partition coefficient (Wildman–Crippen LogP) is 4.03. The second kappa shape index (κ2) is 15.6. The summed E-state index contributed by atoms with van der Waals surface area (Å²) in [5, 5.41) is 2.70. The molecule has 0 bridgehead atoms. The van der Waals surface area contributed by atoms with Gasteiger partial charge >= 0.3 is 12.1 Å². The molecule has 0 saturated carbocycles. The van der Waals surface area contributed by atoms with Crippen molar-refractivity contribution in [3.8, 4) is 0 Å². The number of esters is 1. The van der Waals surface area contributed by atoms with Gasteiger partial charge in [-0.1, -0.05) is 40.7 Å². The van der Waals surface area contributed by atoms with Gasteiger partial charge in [0.2, 0.25) is 0 Å². The summed E-state index contributed by atoms with van der Waals surface area (Å²) in [5.74, 6) is -5.64. The lowest BCUT2D eigenvalue weighted by Gasteiger charge is -2.48. The summed E-state index contributed by atoms with van der Waals surface area (Å²) in [7, 11) is 5.35. The molecule has 3 aliphatic heterocycles. The molecule has 3 rings (SSSR count). The number of ketones is 2. The van der Waals surface area contributed by atoms with E-state index in [2.05, 4.69) is 16.8 Å². The molecular weight excluding hydrogens is 627 g/mol. The fourth-order valence-electron chi connectivity index (χ4n) is 7.80. The molecule has 12 nitrogen and oxygen atoms in total. The van der Waals surface area contributed by atoms with Crippen molar-refractivity contribution in [2.75, 3.05) is 34.4 Å². The van der Waals surface area contributed by atoms with Crippen LogP contribution >= 0.6 is 0 Å². The van der Waals surface area contributed by atoms with Crippen LogP contribution in [0.4, 0.5) is 9.18 Å². The van der Waals surface area contributed by atoms with Crippen LogP contribution in [0.3, 0.4) is 0 Å². The van der Waals surface area contributed by atoms with Crippen LogP contribution in [-0.2, 0) is 42.8 Å². The molecule has 3 fully saturated rings. The molecule has 0 aromatic rings. The van der Waals surface area contributed by atoms with Crippen molar-refractivity contribution in [3.05, 3.63) is 12.7 Å². The highest BCUT2D eigenvalue weighted by Gasteiger charge is 2.59. The highest BCUT2D eigenvalue weighted by atomic mass is 19.1. The Hall–Kier alpha value is -2.45. The highest BCUT2D eigenvalue weighted by molar-refractivity contribution is 6.07. The number of hydrogen-bond donors (Lipinski definition) is 1. The minimum atomic E-state index is -3.10. The normalized spacial score (nSPS) is 43.2. The topological polar surface area (TPSA) is 139 Å². The summed E-state index contributed by atoms with van der Waals surface area (Å²) >= 11 is 0. The maximum atomic E-state index is 16.6. The smallest absolute Gasteiger partial charge is 0.408 e. The van der Waals surface area contributed by atoms with Crippen molar-refractivity contribution in [2.24, 2.45) is 23.7 Å². The minimum Gasteiger partial charge on any atom is -0.455 e. The van der Waals surface area contributed by atoms with Crippen LogP contribution in [0.5, 0.6) is 0 Å². The van der Waals surface area contributed by atoms with Gasteiger partial charge in [0, 0.05) is 36.8 Å². The lowest BCUT2D eigenvalue weighted by molar-refractivity contribution is -0.287. The van der Waals surface area contributed by atoms with Gasteiger partial charge in [0.1, 0.15) is 11.9 Å². The number of nitrogens with one attached hydrogen (secondary N) is 1. The van der Waals surface area contributed by atoms with Gasteiger partial charge in [0.25, 0.3) is 5.67 Å². The summed E-state index contributed by atoms with van der Waals surface area (Å²) in [6.45, 7) is 17.0. The van der Waals surface area contributed by atoms with E-state index in [0.29, 0.717) is 13.0 Å². The van der Waals surface area contributed by atoms with Gasteiger partial charge in [0.05, 0.1) is 37.1 Å². The van der Waals surface area contributed by atoms with Gasteiger partial charge in [0.15, 0.2) is 17.7 Å². The third kappa shape index (κ3) is 7.96. The number of ether oxygens (including phenoxy) is 6. The molecule has 0 aromatic heterocycles. The van der Waals surface area contributed by atoms with Crippen molar-refractivity contribution < 1.29 is 52.0 Å². The Morgan fingerprint density at radius 2 is 1.73 bits per heavy atom. The molecule has 1 N–H and O–H groups in total. The van der Waals surface area contributed by atoms with Crippen LogP contribution in [0.2, 0.25) is 0 Å². The number of alkyl carbamates (subject to hydrolysis) is 1. The Morgan fingerprint density at radius 1 is 1.08 bits per heavy atom. The number of methoxy groups -OCH3 is 1. The number of alkyl halides is 1. The number of nitrogens with zero attached hydrogens (tertiary/aromatic N) is 1. The van der Waals surface area contributed by atoms with E-state index in [-0.39, 0.29) is 43.3 Å². The van der Waals surface area contributed by atoms with Crippen LogP contribution < -0.4 is 5.32 Å². The number of hydrogen-bond acceptors (Lipinski definition) is 11. The van der Waals surface area contributed by atoms with E-state index in [9.17, 15) is 19.2 Å². The Bertz CT molecular complexity index is 1200. The van der Waals surface area contributed by atoms with Crippen LogP contribution in [0.1, 0.15) is 74.7 Å². The van der Waals surface area contributed by atoms with Gasteiger partial charge < -0.3 is 38.6 Å². The zero-order valence-electron chi connectivity index (χ0n) is 30.5. The number of rotatable bonds is 9. The van der Waals surface area contributed by atoms with Gasteiger partial charge in [-0.25, -0.2) is 14.0 Å². The number of amides is 1. The number of fused-ring (bicyclic) bond motifs is 1. The molecule has 3 saturated heterocycles. The summed E-state index contributed by atoms with van der Waals surface area (Å²) < 4.78 is 52.7. The van der Waals surface area contributed by atoms with Gasteiger partial charge in [-0.2, -0.15) is 0 Å². The Kier molecular flexibility index (Phi) is 13.0. The lowest BCUT2D eigenvalue weighted by Crippen LogP contribution is -2.61. The first-order valence-corrected chi connectivity index (χ1v) is 17.0.